The van der Waals surface area contributed by atoms with Crippen molar-refractivity contribution in [3.8, 4) is 0 Å². The Morgan fingerprint density at radius 3 is 2.67 bits per heavy atom. The predicted molar refractivity (Wildman–Crippen MR) is 77.7 cm³/mol. The van der Waals surface area contributed by atoms with Gasteiger partial charge in [0.2, 0.25) is 0 Å². The molecule has 0 aromatic heterocycles. The van der Waals surface area contributed by atoms with Gasteiger partial charge in [-0.25, -0.2) is 0 Å². The van der Waals surface area contributed by atoms with Crippen molar-refractivity contribution in [2.75, 3.05) is 6.61 Å². The summed E-state index contributed by atoms with van der Waals surface area (Å²) in [6.07, 6.45) is 19.0. The van der Waals surface area contributed by atoms with Crippen molar-refractivity contribution in [1.29, 1.82) is 0 Å². The summed E-state index contributed by atoms with van der Waals surface area (Å²) in [7, 11) is 0. The fourth-order valence-corrected chi connectivity index (χ4v) is 3.57. The summed E-state index contributed by atoms with van der Waals surface area (Å²) < 4.78 is 6.14. The highest BCUT2D eigenvalue weighted by atomic mass is 16.5. The monoisotopic (exact) mass is 250 g/mol. The Hall–Kier alpha value is -0.300. The van der Waals surface area contributed by atoms with Gasteiger partial charge in [-0.1, -0.05) is 51.2 Å². The van der Waals surface area contributed by atoms with Crippen LogP contribution in [0.25, 0.3) is 0 Å². The molecule has 1 heteroatoms. The quantitative estimate of drug-likeness (QED) is 0.487. The van der Waals surface area contributed by atoms with E-state index in [0.717, 1.165) is 12.5 Å². The van der Waals surface area contributed by atoms with Crippen LogP contribution in [0.15, 0.2) is 12.2 Å². The lowest BCUT2D eigenvalue weighted by atomic mass is 9.78. The van der Waals surface area contributed by atoms with E-state index in [1.807, 2.05) is 0 Å². The molecule has 104 valence electrons. The van der Waals surface area contributed by atoms with Crippen LogP contribution in [0.5, 0.6) is 0 Å². The van der Waals surface area contributed by atoms with Crippen molar-refractivity contribution in [2.24, 2.45) is 11.8 Å². The van der Waals surface area contributed by atoms with E-state index in [0.29, 0.717) is 12.0 Å². The smallest absolute Gasteiger partial charge is 0.0665 e. The zero-order valence-corrected chi connectivity index (χ0v) is 12.1. The van der Waals surface area contributed by atoms with E-state index in [4.69, 9.17) is 4.74 Å². The number of hydrogen-bond acceptors (Lipinski definition) is 1. The van der Waals surface area contributed by atoms with E-state index in [-0.39, 0.29) is 0 Å². The molecule has 1 aliphatic carbocycles. The first-order chi connectivity index (χ1) is 8.92. The Morgan fingerprint density at radius 1 is 1.06 bits per heavy atom. The second-order valence-corrected chi connectivity index (χ2v) is 6.11. The second-order valence-electron chi connectivity index (χ2n) is 6.11. The zero-order valence-electron chi connectivity index (χ0n) is 12.1. The van der Waals surface area contributed by atoms with Crippen LogP contribution in [-0.2, 0) is 4.74 Å². The van der Waals surface area contributed by atoms with Crippen molar-refractivity contribution >= 4 is 0 Å². The third-order valence-corrected chi connectivity index (χ3v) is 4.64. The Balaban J connectivity index is 1.86. The van der Waals surface area contributed by atoms with Gasteiger partial charge in [0.25, 0.3) is 0 Å². The summed E-state index contributed by atoms with van der Waals surface area (Å²) in [5.74, 6) is 1.55. The van der Waals surface area contributed by atoms with Crippen LogP contribution in [0.3, 0.4) is 0 Å². The molecule has 0 bridgehead atoms. The molecular weight excluding hydrogens is 220 g/mol. The molecule has 2 rings (SSSR count). The Bertz CT molecular complexity index is 240. The van der Waals surface area contributed by atoms with E-state index >= 15 is 0 Å². The molecule has 1 heterocycles. The van der Waals surface area contributed by atoms with Gasteiger partial charge in [0, 0.05) is 12.5 Å². The molecule has 1 nitrogen and oxygen atoms in total. The summed E-state index contributed by atoms with van der Waals surface area (Å²) in [6, 6.07) is 0. The fraction of sp³-hybridized carbons (Fsp3) is 0.882. The maximum atomic E-state index is 6.14. The molecule has 18 heavy (non-hydrogen) atoms. The van der Waals surface area contributed by atoms with Gasteiger partial charge >= 0.3 is 0 Å². The average molecular weight is 250 g/mol. The van der Waals surface area contributed by atoms with Crippen molar-refractivity contribution in [3.63, 3.8) is 0 Å². The predicted octanol–water partition coefficient (Wildman–Crippen LogP) is 5.11. The number of rotatable bonds is 5. The van der Waals surface area contributed by atoms with Gasteiger partial charge in [-0.2, -0.15) is 0 Å². The molecule has 1 saturated heterocycles. The van der Waals surface area contributed by atoms with Crippen molar-refractivity contribution in [1.82, 2.24) is 0 Å². The molecule has 0 aromatic rings. The molecule has 1 aliphatic heterocycles. The van der Waals surface area contributed by atoms with Gasteiger partial charge in [0.05, 0.1) is 6.10 Å². The first kappa shape index (κ1) is 14.1. The molecular formula is C17H30O. The minimum absolute atomic E-state index is 0.539. The van der Waals surface area contributed by atoms with Gasteiger partial charge in [0.1, 0.15) is 0 Å². The number of hydrogen-bond donors (Lipinski definition) is 0. The summed E-state index contributed by atoms with van der Waals surface area (Å²) in [6.45, 7) is 3.27. The van der Waals surface area contributed by atoms with Crippen LogP contribution in [0, 0.1) is 11.8 Å². The summed E-state index contributed by atoms with van der Waals surface area (Å²) in [4.78, 5) is 0. The number of allylic oxidation sites excluding steroid dienone is 1. The highest BCUT2D eigenvalue weighted by molar-refractivity contribution is 4.96. The van der Waals surface area contributed by atoms with Crippen LogP contribution in [0.1, 0.15) is 71.1 Å². The lowest BCUT2D eigenvalue weighted by molar-refractivity contribution is -0.0549. The third-order valence-electron chi connectivity index (χ3n) is 4.64. The largest absolute Gasteiger partial charge is 0.377 e. The maximum absolute atomic E-state index is 6.14. The number of unbranched alkanes of at least 4 members (excludes halogenated alkanes) is 2. The summed E-state index contributed by atoms with van der Waals surface area (Å²) in [5, 5.41) is 0. The van der Waals surface area contributed by atoms with Gasteiger partial charge < -0.3 is 4.74 Å². The molecule has 0 spiro atoms. The molecule has 1 saturated carbocycles. The minimum atomic E-state index is 0.539. The third kappa shape index (κ3) is 4.12. The standard InChI is InChI=1S/C17H30O/c1-2-3-4-6-10-16-13-9-14-18-17(16)15-11-7-5-8-12-15/h6,10,15-17H,2-5,7-9,11-14H2,1H3/b10-6+/t16-,17+/m1/s1. The highest BCUT2D eigenvalue weighted by Crippen LogP contribution is 2.35. The Labute approximate surface area is 113 Å². The van der Waals surface area contributed by atoms with Gasteiger partial charge in [0.15, 0.2) is 0 Å². The van der Waals surface area contributed by atoms with Crippen LogP contribution in [-0.4, -0.2) is 12.7 Å². The SMILES string of the molecule is CCCC/C=C/[C@@H]1CCCO[C@H]1C1CCCCC1. The van der Waals surface area contributed by atoms with Gasteiger partial charge in [-0.05, 0) is 38.0 Å². The lowest BCUT2D eigenvalue weighted by Gasteiger charge is -2.37. The molecule has 2 atom stereocenters. The van der Waals surface area contributed by atoms with Crippen LogP contribution in [0.4, 0.5) is 0 Å². The molecule has 0 unspecified atom stereocenters. The fourth-order valence-electron chi connectivity index (χ4n) is 3.57. The number of ether oxygens (including phenoxy) is 1. The molecule has 0 aromatic carbocycles. The van der Waals surface area contributed by atoms with Crippen molar-refractivity contribution in [2.45, 2.75) is 77.2 Å². The van der Waals surface area contributed by atoms with E-state index in [2.05, 4.69) is 19.1 Å². The average Bonchev–Trinajstić information content (AvgIpc) is 2.45. The molecule has 0 radical (unpaired) electrons. The van der Waals surface area contributed by atoms with E-state index in [1.165, 1.54) is 64.2 Å². The van der Waals surface area contributed by atoms with Gasteiger partial charge in [-0.3, -0.25) is 0 Å². The Morgan fingerprint density at radius 2 is 1.89 bits per heavy atom. The maximum Gasteiger partial charge on any atom is 0.0665 e. The molecule has 2 aliphatic rings. The first-order valence-electron chi connectivity index (χ1n) is 8.20. The second kappa shape index (κ2) is 7.99. The topological polar surface area (TPSA) is 9.23 Å². The first-order valence-corrected chi connectivity index (χ1v) is 8.20. The molecule has 0 amide bonds. The molecule has 2 fully saturated rings. The van der Waals surface area contributed by atoms with Crippen molar-refractivity contribution < 1.29 is 4.74 Å². The normalized spacial score (nSPS) is 30.9. The highest BCUT2D eigenvalue weighted by Gasteiger charge is 2.31. The lowest BCUT2D eigenvalue weighted by Crippen LogP contribution is -2.36. The van der Waals surface area contributed by atoms with Crippen LogP contribution < -0.4 is 0 Å². The van der Waals surface area contributed by atoms with Crippen LogP contribution >= 0.6 is 0 Å². The van der Waals surface area contributed by atoms with Gasteiger partial charge in [-0.15, -0.1) is 0 Å². The van der Waals surface area contributed by atoms with Crippen molar-refractivity contribution in [3.05, 3.63) is 12.2 Å². The van der Waals surface area contributed by atoms with E-state index in [1.54, 1.807) is 0 Å². The minimum Gasteiger partial charge on any atom is -0.377 e. The zero-order chi connectivity index (χ0) is 12.6. The summed E-state index contributed by atoms with van der Waals surface area (Å²) >= 11 is 0. The molecule has 0 N–H and O–H groups in total. The van der Waals surface area contributed by atoms with E-state index in [9.17, 15) is 0 Å². The Kier molecular flexibility index (Phi) is 6.26. The van der Waals surface area contributed by atoms with E-state index < -0.39 is 0 Å². The summed E-state index contributed by atoms with van der Waals surface area (Å²) in [5.41, 5.74) is 0. The van der Waals surface area contributed by atoms with Crippen LogP contribution in [0.2, 0.25) is 0 Å².